The van der Waals surface area contributed by atoms with E-state index in [1.807, 2.05) is 30.3 Å². The zero-order chi connectivity index (χ0) is 10.3. The SMILES string of the molecule is COc1cccc2cc3c(cc12)OCO3. The van der Waals surface area contributed by atoms with Crippen LogP contribution < -0.4 is 14.2 Å². The Balaban J connectivity index is 2.33. The zero-order valence-corrected chi connectivity index (χ0v) is 8.32. The van der Waals surface area contributed by atoms with Gasteiger partial charge in [-0.05, 0) is 23.6 Å². The molecular formula is C12H10O3. The van der Waals surface area contributed by atoms with Crippen LogP contribution in [0.1, 0.15) is 0 Å². The van der Waals surface area contributed by atoms with Gasteiger partial charge in [-0.25, -0.2) is 0 Å². The van der Waals surface area contributed by atoms with Crippen LogP contribution in [0.2, 0.25) is 0 Å². The minimum Gasteiger partial charge on any atom is -0.496 e. The lowest BCUT2D eigenvalue weighted by Gasteiger charge is -2.05. The lowest BCUT2D eigenvalue weighted by atomic mass is 10.1. The van der Waals surface area contributed by atoms with Crippen molar-refractivity contribution >= 4 is 10.8 Å². The van der Waals surface area contributed by atoms with Crippen molar-refractivity contribution in [2.45, 2.75) is 0 Å². The molecule has 0 saturated heterocycles. The van der Waals surface area contributed by atoms with Crippen LogP contribution in [-0.4, -0.2) is 13.9 Å². The van der Waals surface area contributed by atoms with E-state index in [4.69, 9.17) is 14.2 Å². The largest absolute Gasteiger partial charge is 0.496 e. The molecule has 0 aliphatic carbocycles. The molecule has 0 aromatic heterocycles. The van der Waals surface area contributed by atoms with Crippen molar-refractivity contribution in [1.82, 2.24) is 0 Å². The van der Waals surface area contributed by atoms with Gasteiger partial charge in [0.15, 0.2) is 11.5 Å². The summed E-state index contributed by atoms with van der Waals surface area (Å²) in [6.45, 7) is 0.300. The van der Waals surface area contributed by atoms with Gasteiger partial charge in [0.2, 0.25) is 6.79 Å². The standard InChI is InChI=1S/C12H10O3/c1-13-10-4-2-3-8-5-11-12(6-9(8)10)15-7-14-11/h2-6H,7H2,1H3. The first kappa shape index (κ1) is 8.41. The third kappa shape index (κ3) is 1.20. The third-order valence-electron chi connectivity index (χ3n) is 2.55. The fourth-order valence-corrected chi connectivity index (χ4v) is 1.82. The maximum absolute atomic E-state index is 5.33. The molecule has 0 atom stereocenters. The molecule has 3 nitrogen and oxygen atoms in total. The number of benzene rings is 2. The van der Waals surface area contributed by atoms with Crippen LogP contribution >= 0.6 is 0 Å². The Morgan fingerprint density at radius 1 is 1.13 bits per heavy atom. The molecule has 76 valence electrons. The van der Waals surface area contributed by atoms with Crippen LogP contribution in [0.15, 0.2) is 30.3 Å². The molecule has 0 unspecified atom stereocenters. The molecular weight excluding hydrogens is 192 g/mol. The van der Waals surface area contributed by atoms with Crippen molar-refractivity contribution in [3.8, 4) is 17.2 Å². The number of methoxy groups -OCH3 is 1. The van der Waals surface area contributed by atoms with Gasteiger partial charge in [0.1, 0.15) is 5.75 Å². The van der Waals surface area contributed by atoms with E-state index < -0.39 is 0 Å². The summed E-state index contributed by atoms with van der Waals surface area (Å²) < 4.78 is 15.9. The van der Waals surface area contributed by atoms with Crippen molar-refractivity contribution in [3.63, 3.8) is 0 Å². The Kier molecular flexibility index (Phi) is 1.71. The number of fused-ring (bicyclic) bond motifs is 2. The van der Waals surface area contributed by atoms with Crippen molar-refractivity contribution in [2.75, 3.05) is 13.9 Å². The first-order valence-electron chi connectivity index (χ1n) is 4.75. The molecule has 2 aromatic carbocycles. The van der Waals surface area contributed by atoms with Crippen LogP contribution in [0.25, 0.3) is 10.8 Å². The molecule has 15 heavy (non-hydrogen) atoms. The Hall–Kier alpha value is -1.90. The molecule has 0 N–H and O–H groups in total. The van der Waals surface area contributed by atoms with E-state index in [1.165, 1.54) is 0 Å². The Bertz CT molecular complexity index is 520. The lowest BCUT2D eigenvalue weighted by molar-refractivity contribution is 0.174. The first-order chi connectivity index (χ1) is 7.38. The van der Waals surface area contributed by atoms with E-state index in [0.29, 0.717) is 6.79 Å². The fourth-order valence-electron chi connectivity index (χ4n) is 1.82. The van der Waals surface area contributed by atoms with Crippen LogP contribution in [0.5, 0.6) is 17.2 Å². The predicted octanol–water partition coefficient (Wildman–Crippen LogP) is 2.58. The van der Waals surface area contributed by atoms with E-state index in [2.05, 4.69) is 0 Å². The minimum atomic E-state index is 0.300. The molecule has 3 heteroatoms. The number of rotatable bonds is 1. The molecule has 1 heterocycles. The topological polar surface area (TPSA) is 27.7 Å². The third-order valence-corrected chi connectivity index (χ3v) is 2.55. The molecule has 2 aromatic rings. The smallest absolute Gasteiger partial charge is 0.231 e. The summed E-state index contributed by atoms with van der Waals surface area (Å²) in [5, 5.41) is 2.14. The van der Waals surface area contributed by atoms with Crippen molar-refractivity contribution in [3.05, 3.63) is 30.3 Å². The van der Waals surface area contributed by atoms with Crippen molar-refractivity contribution < 1.29 is 14.2 Å². The second kappa shape index (κ2) is 3.05. The molecule has 3 rings (SSSR count). The molecule has 1 aliphatic heterocycles. The average Bonchev–Trinajstić information content (AvgIpc) is 2.72. The van der Waals surface area contributed by atoms with E-state index in [9.17, 15) is 0 Å². The zero-order valence-electron chi connectivity index (χ0n) is 8.32. The quantitative estimate of drug-likeness (QED) is 0.711. The predicted molar refractivity (Wildman–Crippen MR) is 56.6 cm³/mol. The number of ether oxygens (including phenoxy) is 3. The molecule has 1 aliphatic rings. The summed E-state index contributed by atoms with van der Waals surface area (Å²) in [7, 11) is 1.67. The number of hydrogen-bond donors (Lipinski definition) is 0. The van der Waals surface area contributed by atoms with Gasteiger partial charge in [-0.1, -0.05) is 12.1 Å². The molecule has 0 saturated carbocycles. The van der Waals surface area contributed by atoms with Crippen molar-refractivity contribution in [1.29, 1.82) is 0 Å². The van der Waals surface area contributed by atoms with Gasteiger partial charge in [-0.3, -0.25) is 0 Å². The van der Waals surface area contributed by atoms with Crippen LogP contribution in [0.3, 0.4) is 0 Å². The maximum atomic E-state index is 5.33. The summed E-state index contributed by atoms with van der Waals surface area (Å²) in [6, 6.07) is 9.85. The minimum absolute atomic E-state index is 0.300. The molecule has 0 spiro atoms. The second-order valence-electron chi connectivity index (χ2n) is 3.39. The summed E-state index contributed by atoms with van der Waals surface area (Å²) in [5.41, 5.74) is 0. The van der Waals surface area contributed by atoms with E-state index in [1.54, 1.807) is 7.11 Å². The van der Waals surface area contributed by atoms with Crippen molar-refractivity contribution in [2.24, 2.45) is 0 Å². The molecule has 0 amide bonds. The van der Waals surface area contributed by atoms with E-state index in [0.717, 1.165) is 28.0 Å². The van der Waals surface area contributed by atoms with Gasteiger partial charge in [0.05, 0.1) is 7.11 Å². The van der Waals surface area contributed by atoms with Gasteiger partial charge in [0, 0.05) is 5.39 Å². The van der Waals surface area contributed by atoms with Gasteiger partial charge in [-0.2, -0.15) is 0 Å². The van der Waals surface area contributed by atoms with Crippen LogP contribution in [0.4, 0.5) is 0 Å². The van der Waals surface area contributed by atoms with Gasteiger partial charge >= 0.3 is 0 Å². The fraction of sp³-hybridized carbons (Fsp3) is 0.167. The highest BCUT2D eigenvalue weighted by molar-refractivity contribution is 5.91. The highest BCUT2D eigenvalue weighted by Crippen LogP contribution is 2.38. The maximum Gasteiger partial charge on any atom is 0.231 e. The Labute approximate surface area is 87.2 Å². The van der Waals surface area contributed by atoms with Crippen LogP contribution in [-0.2, 0) is 0 Å². The second-order valence-corrected chi connectivity index (χ2v) is 3.39. The Morgan fingerprint density at radius 3 is 2.73 bits per heavy atom. The highest BCUT2D eigenvalue weighted by atomic mass is 16.7. The summed E-state index contributed by atoms with van der Waals surface area (Å²) in [6.07, 6.45) is 0. The molecule has 0 bridgehead atoms. The van der Waals surface area contributed by atoms with E-state index in [-0.39, 0.29) is 0 Å². The highest BCUT2D eigenvalue weighted by Gasteiger charge is 2.15. The van der Waals surface area contributed by atoms with Gasteiger partial charge in [-0.15, -0.1) is 0 Å². The summed E-state index contributed by atoms with van der Waals surface area (Å²) in [5.74, 6) is 2.44. The summed E-state index contributed by atoms with van der Waals surface area (Å²) in [4.78, 5) is 0. The molecule has 0 radical (unpaired) electrons. The number of hydrogen-bond acceptors (Lipinski definition) is 3. The molecule has 0 fully saturated rings. The van der Waals surface area contributed by atoms with Crippen LogP contribution in [0, 0.1) is 0 Å². The van der Waals surface area contributed by atoms with Gasteiger partial charge < -0.3 is 14.2 Å². The monoisotopic (exact) mass is 202 g/mol. The summed E-state index contributed by atoms with van der Waals surface area (Å²) >= 11 is 0. The van der Waals surface area contributed by atoms with E-state index >= 15 is 0 Å². The van der Waals surface area contributed by atoms with Gasteiger partial charge in [0.25, 0.3) is 0 Å². The normalized spacial score (nSPS) is 13.1. The lowest BCUT2D eigenvalue weighted by Crippen LogP contribution is -1.92. The first-order valence-corrected chi connectivity index (χ1v) is 4.75. The Morgan fingerprint density at radius 2 is 1.93 bits per heavy atom. The average molecular weight is 202 g/mol.